The van der Waals surface area contributed by atoms with Crippen molar-refractivity contribution < 1.29 is 4.79 Å². The molecule has 0 aromatic carbocycles. The minimum atomic E-state index is -0.234. The van der Waals surface area contributed by atoms with Crippen LogP contribution in [0.2, 0.25) is 0 Å². The molecule has 1 aromatic rings. The van der Waals surface area contributed by atoms with E-state index >= 15 is 0 Å². The lowest BCUT2D eigenvalue weighted by Crippen LogP contribution is -2.39. The fourth-order valence-electron chi connectivity index (χ4n) is 2.03. The standard InChI is InChI=1S/C12H18N4O/c1-9(12(17)16-7-3-4-8-16)14-11-5-6-13-10(2)15-11/h5-6,9H,3-4,7-8H2,1-2H3,(H,13,14,15). The van der Waals surface area contributed by atoms with Gasteiger partial charge in [-0.1, -0.05) is 0 Å². The highest BCUT2D eigenvalue weighted by Crippen LogP contribution is 2.11. The zero-order valence-electron chi connectivity index (χ0n) is 10.3. The van der Waals surface area contributed by atoms with Crippen LogP contribution in [0.15, 0.2) is 12.3 Å². The number of nitrogens with one attached hydrogen (secondary N) is 1. The molecule has 1 saturated heterocycles. The number of anilines is 1. The van der Waals surface area contributed by atoms with Gasteiger partial charge < -0.3 is 10.2 Å². The highest BCUT2D eigenvalue weighted by atomic mass is 16.2. The highest BCUT2D eigenvalue weighted by molar-refractivity contribution is 5.84. The summed E-state index contributed by atoms with van der Waals surface area (Å²) in [6.45, 7) is 5.47. The summed E-state index contributed by atoms with van der Waals surface area (Å²) in [5.74, 6) is 1.56. The van der Waals surface area contributed by atoms with Gasteiger partial charge in [-0.2, -0.15) is 0 Å². The topological polar surface area (TPSA) is 58.1 Å². The average molecular weight is 234 g/mol. The van der Waals surface area contributed by atoms with Crippen molar-refractivity contribution in [2.24, 2.45) is 0 Å². The number of aryl methyl sites for hydroxylation is 1. The number of likely N-dealkylation sites (tertiary alicyclic amines) is 1. The first kappa shape index (κ1) is 11.8. The Balaban J connectivity index is 1.96. The summed E-state index contributed by atoms with van der Waals surface area (Å²) in [5, 5.41) is 3.12. The fraction of sp³-hybridized carbons (Fsp3) is 0.583. The van der Waals surface area contributed by atoms with Crippen LogP contribution in [0.1, 0.15) is 25.6 Å². The number of nitrogens with zero attached hydrogens (tertiary/aromatic N) is 3. The number of carbonyl (C=O) groups is 1. The van der Waals surface area contributed by atoms with Gasteiger partial charge in [-0.25, -0.2) is 9.97 Å². The SMILES string of the molecule is Cc1nccc(NC(C)C(=O)N2CCCC2)n1. The monoisotopic (exact) mass is 234 g/mol. The van der Waals surface area contributed by atoms with Crippen LogP contribution >= 0.6 is 0 Å². The lowest BCUT2D eigenvalue weighted by Gasteiger charge is -2.21. The molecule has 0 spiro atoms. The van der Waals surface area contributed by atoms with E-state index < -0.39 is 0 Å². The summed E-state index contributed by atoms with van der Waals surface area (Å²) < 4.78 is 0. The first-order chi connectivity index (χ1) is 8.16. The molecule has 1 aliphatic rings. The summed E-state index contributed by atoms with van der Waals surface area (Å²) >= 11 is 0. The number of amides is 1. The molecule has 0 bridgehead atoms. The van der Waals surface area contributed by atoms with E-state index in [1.165, 1.54) is 0 Å². The van der Waals surface area contributed by atoms with E-state index in [1.807, 2.05) is 18.7 Å². The van der Waals surface area contributed by atoms with Crippen molar-refractivity contribution in [3.05, 3.63) is 18.1 Å². The molecule has 1 unspecified atom stereocenters. The van der Waals surface area contributed by atoms with Gasteiger partial charge >= 0.3 is 0 Å². The molecule has 1 atom stereocenters. The molecule has 1 N–H and O–H groups in total. The third-order valence-electron chi connectivity index (χ3n) is 2.93. The van der Waals surface area contributed by atoms with Crippen molar-refractivity contribution in [1.82, 2.24) is 14.9 Å². The maximum absolute atomic E-state index is 12.1. The van der Waals surface area contributed by atoms with Gasteiger partial charge in [-0.05, 0) is 32.8 Å². The molecule has 1 fully saturated rings. The first-order valence-electron chi connectivity index (χ1n) is 6.02. The van der Waals surface area contributed by atoms with Gasteiger partial charge in [-0.3, -0.25) is 4.79 Å². The third kappa shape index (κ3) is 2.93. The van der Waals surface area contributed by atoms with Crippen molar-refractivity contribution in [1.29, 1.82) is 0 Å². The highest BCUT2D eigenvalue weighted by Gasteiger charge is 2.23. The van der Waals surface area contributed by atoms with E-state index in [2.05, 4.69) is 15.3 Å². The molecular weight excluding hydrogens is 216 g/mol. The van der Waals surface area contributed by atoms with E-state index in [0.717, 1.165) is 25.9 Å². The summed E-state index contributed by atoms with van der Waals surface area (Å²) in [4.78, 5) is 22.2. The molecular formula is C12H18N4O. The fourth-order valence-corrected chi connectivity index (χ4v) is 2.03. The Hall–Kier alpha value is -1.65. The van der Waals surface area contributed by atoms with Gasteiger partial charge in [0.1, 0.15) is 17.7 Å². The van der Waals surface area contributed by atoms with E-state index in [-0.39, 0.29) is 11.9 Å². The predicted molar refractivity (Wildman–Crippen MR) is 65.7 cm³/mol. The molecule has 5 heteroatoms. The largest absolute Gasteiger partial charge is 0.359 e. The Morgan fingerprint density at radius 3 is 2.82 bits per heavy atom. The van der Waals surface area contributed by atoms with E-state index in [0.29, 0.717) is 11.6 Å². The Morgan fingerprint density at radius 1 is 1.47 bits per heavy atom. The van der Waals surface area contributed by atoms with Crippen LogP contribution in [0.5, 0.6) is 0 Å². The minimum absolute atomic E-state index is 0.152. The summed E-state index contributed by atoms with van der Waals surface area (Å²) in [5.41, 5.74) is 0. The lowest BCUT2D eigenvalue weighted by molar-refractivity contribution is -0.130. The van der Waals surface area contributed by atoms with Crippen molar-refractivity contribution in [2.45, 2.75) is 32.7 Å². The molecule has 1 aromatic heterocycles. The summed E-state index contributed by atoms with van der Waals surface area (Å²) in [6, 6.07) is 1.54. The van der Waals surface area contributed by atoms with Gasteiger partial charge in [0.15, 0.2) is 0 Å². The van der Waals surface area contributed by atoms with Crippen molar-refractivity contribution in [3.63, 3.8) is 0 Å². The number of hydrogen-bond donors (Lipinski definition) is 1. The quantitative estimate of drug-likeness (QED) is 0.854. The molecule has 5 nitrogen and oxygen atoms in total. The van der Waals surface area contributed by atoms with Gasteiger partial charge in [-0.15, -0.1) is 0 Å². The summed E-state index contributed by atoms with van der Waals surface area (Å²) in [6.07, 6.45) is 3.92. The maximum atomic E-state index is 12.1. The second-order valence-corrected chi connectivity index (χ2v) is 4.39. The molecule has 0 saturated carbocycles. The molecule has 0 aliphatic carbocycles. The summed E-state index contributed by atoms with van der Waals surface area (Å²) in [7, 11) is 0. The van der Waals surface area contributed by atoms with Gasteiger partial charge in [0.2, 0.25) is 5.91 Å². The van der Waals surface area contributed by atoms with Gasteiger partial charge in [0.05, 0.1) is 0 Å². The molecule has 92 valence electrons. The Bertz CT molecular complexity index is 401. The zero-order valence-corrected chi connectivity index (χ0v) is 10.3. The van der Waals surface area contributed by atoms with Crippen LogP contribution in [0, 0.1) is 6.92 Å². The van der Waals surface area contributed by atoms with E-state index in [9.17, 15) is 4.79 Å². The Kier molecular flexibility index (Phi) is 3.56. The van der Waals surface area contributed by atoms with Crippen LogP contribution in [0.3, 0.4) is 0 Å². The number of carbonyl (C=O) groups excluding carboxylic acids is 1. The van der Waals surface area contributed by atoms with Crippen LogP contribution in [-0.4, -0.2) is 39.9 Å². The molecule has 1 aliphatic heterocycles. The third-order valence-corrected chi connectivity index (χ3v) is 2.93. The first-order valence-corrected chi connectivity index (χ1v) is 6.02. The molecule has 2 heterocycles. The van der Waals surface area contributed by atoms with Gasteiger partial charge in [0.25, 0.3) is 0 Å². The van der Waals surface area contributed by atoms with Crippen molar-refractivity contribution >= 4 is 11.7 Å². The molecule has 17 heavy (non-hydrogen) atoms. The van der Waals surface area contributed by atoms with Crippen LogP contribution in [0.25, 0.3) is 0 Å². The smallest absolute Gasteiger partial charge is 0.244 e. The average Bonchev–Trinajstić information content (AvgIpc) is 2.81. The second kappa shape index (κ2) is 5.12. The molecule has 1 amide bonds. The number of aromatic nitrogens is 2. The minimum Gasteiger partial charge on any atom is -0.359 e. The molecule has 2 rings (SSSR count). The Morgan fingerprint density at radius 2 is 2.18 bits per heavy atom. The van der Waals surface area contributed by atoms with Crippen LogP contribution < -0.4 is 5.32 Å². The predicted octanol–water partition coefficient (Wildman–Crippen LogP) is 1.21. The van der Waals surface area contributed by atoms with Crippen molar-refractivity contribution in [3.8, 4) is 0 Å². The second-order valence-electron chi connectivity index (χ2n) is 4.39. The lowest BCUT2D eigenvalue weighted by atomic mass is 10.3. The normalized spacial score (nSPS) is 16.9. The molecule has 0 radical (unpaired) electrons. The van der Waals surface area contributed by atoms with Crippen LogP contribution in [-0.2, 0) is 4.79 Å². The van der Waals surface area contributed by atoms with Crippen molar-refractivity contribution in [2.75, 3.05) is 18.4 Å². The van der Waals surface area contributed by atoms with E-state index in [4.69, 9.17) is 0 Å². The zero-order chi connectivity index (χ0) is 12.3. The maximum Gasteiger partial charge on any atom is 0.244 e. The Labute approximate surface area is 101 Å². The van der Waals surface area contributed by atoms with E-state index in [1.54, 1.807) is 12.3 Å². The van der Waals surface area contributed by atoms with Crippen LogP contribution in [0.4, 0.5) is 5.82 Å². The number of rotatable bonds is 3. The number of hydrogen-bond acceptors (Lipinski definition) is 4. The van der Waals surface area contributed by atoms with Gasteiger partial charge in [0, 0.05) is 19.3 Å².